The molecule has 1 aromatic rings. The van der Waals surface area contributed by atoms with E-state index in [1.54, 1.807) is 4.90 Å². The topological polar surface area (TPSA) is 28.5 Å². The normalized spacial score (nSPS) is 21.8. The van der Waals surface area contributed by atoms with Crippen LogP contribution < -0.4 is 15.5 Å². The third kappa shape index (κ3) is 6.02. The summed E-state index contributed by atoms with van der Waals surface area (Å²) in [5.74, 6) is 0.929. The van der Waals surface area contributed by atoms with Crippen LogP contribution in [-0.2, 0) is 0 Å². The number of nitrogens with one attached hydrogen (secondary N) is 3. The third-order valence-corrected chi connectivity index (χ3v) is 4.53. The van der Waals surface area contributed by atoms with Crippen molar-refractivity contribution < 1.29 is 4.90 Å². The van der Waals surface area contributed by atoms with Crippen LogP contribution in [0.15, 0.2) is 24.3 Å². The predicted octanol–water partition coefficient (Wildman–Crippen LogP) is 1.99. The standard InChI is InChI=1S/C17H27N3S/c1-14-4-6-16(7-5-14)19-17(21)18-10-3-11-20-12-8-15(2)9-13-20/h4-7,15H,3,8-13H2,1-2H3,(H2,18,19,21)/p+1. The molecule has 0 bridgehead atoms. The molecule has 3 nitrogen and oxygen atoms in total. The average Bonchev–Trinajstić information content (AvgIpc) is 2.48. The maximum atomic E-state index is 5.33. The molecule has 3 N–H and O–H groups in total. The number of anilines is 1. The van der Waals surface area contributed by atoms with E-state index in [0.29, 0.717) is 0 Å². The Morgan fingerprint density at radius 1 is 1.24 bits per heavy atom. The summed E-state index contributed by atoms with van der Waals surface area (Å²) in [6.07, 6.45) is 3.95. The van der Waals surface area contributed by atoms with Gasteiger partial charge in [0.2, 0.25) is 0 Å². The molecule has 2 rings (SSSR count). The van der Waals surface area contributed by atoms with E-state index < -0.39 is 0 Å². The average molecular weight is 306 g/mol. The van der Waals surface area contributed by atoms with Crippen molar-refractivity contribution in [2.75, 3.05) is 31.5 Å². The van der Waals surface area contributed by atoms with E-state index in [4.69, 9.17) is 12.2 Å². The zero-order chi connectivity index (χ0) is 15.1. The number of hydrogen-bond donors (Lipinski definition) is 3. The third-order valence-electron chi connectivity index (χ3n) is 4.28. The highest BCUT2D eigenvalue weighted by Crippen LogP contribution is 2.08. The van der Waals surface area contributed by atoms with Gasteiger partial charge in [0.25, 0.3) is 0 Å². The quantitative estimate of drug-likeness (QED) is 0.574. The van der Waals surface area contributed by atoms with Gasteiger partial charge in [0.15, 0.2) is 5.11 Å². The second kappa shape index (κ2) is 8.35. The Kier molecular flexibility index (Phi) is 6.46. The van der Waals surface area contributed by atoms with Crippen molar-refractivity contribution in [1.82, 2.24) is 5.32 Å². The maximum absolute atomic E-state index is 5.33. The monoisotopic (exact) mass is 306 g/mol. The number of aryl methyl sites for hydroxylation is 1. The molecule has 1 aliphatic heterocycles. The lowest BCUT2D eigenvalue weighted by atomic mass is 9.99. The first-order valence-corrected chi connectivity index (χ1v) is 8.49. The number of benzene rings is 1. The first-order chi connectivity index (χ1) is 10.1. The van der Waals surface area contributed by atoms with Crippen LogP contribution in [0.4, 0.5) is 5.69 Å². The van der Waals surface area contributed by atoms with Crippen LogP contribution in [-0.4, -0.2) is 31.3 Å². The van der Waals surface area contributed by atoms with Gasteiger partial charge in [-0.25, -0.2) is 0 Å². The van der Waals surface area contributed by atoms with Crippen molar-refractivity contribution in [1.29, 1.82) is 0 Å². The minimum absolute atomic E-state index is 0.723. The van der Waals surface area contributed by atoms with E-state index in [2.05, 4.69) is 48.7 Å². The van der Waals surface area contributed by atoms with Gasteiger partial charge in [-0.2, -0.15) is 0 Å². The molecule has 116 valence electrons. The molecular formula is C17H28N3S+. The largest absolute Gasteiger partial charge is 0.362 e. The molecule has 0 spiro atoms. The van der Waals surface area contributed by atoms with Gasteiger partial charge in [-0.1, -0.05) is 24.6 Å². The Labute approximate surface area is 134 Å². The molecule has 1 aromatic carbocycles. The summed E-state index contributed by atoms with van der Waals surface area (Å²) in [5.41, 5.74) is 2.31. The van der Waals surface area contributed by atoms with Crippen molar-refractivity contribution in [3.05, 3.63) is 29.8 Å². The van der Waals surface area contributed by atoms with Crippen LogP contribution in [0.3, 0.4) is 0 Å². The fraction of sp³-hybridized carbons (Fsp3) is 0.588. The van der Waals surface area contributed by atoms with E-state index in [-0.39, 0.29) is 0 Å². The molecule has 21 heavy (non-hydrogen) atoms. The summed E-state index contributed by atoms with van der Waals surface area (Å²) in [4.78, 5) is 1.76. The number of quaternary nitrogens is 1. The second-order valence-electron chi connectivity index (χ2n) is 6.28. The Bertz CT molecular complexity index is 436. The van der Waals surface area contributed by atoms with Crippen molar-refractivity contribution in [3.8, 4) is 0 Å². The van der Waals surface area contributed by atoms with Gasteiger partial charge >= 0.3 is 0 Å². The summed E-state index contributed by atoms with van der Waals surface area (Å²) in [6.45, 7) is 9.35. The van der Waals surface area contributed by atoms with Crippen LogP contribution in [0.2, 0.25) is 0 Å². The van der Waals surface area contributed by atoms with E-state index in [9.17, 15) is 0 Å². The van der Waals surface area contributed by atoms with Crippen molar-refractivity contribution in [2.45, 2.75) is 33.1 Å². The van der Waals surface area contributed by atoms with Crippen molar-refractivity contribution in [3.63, 3.8) is 0 Å². The van der Waals surface area contributed by atoms with Gasteiger partial charge in [-0.3, -0.25) is 0 Å². The van der Waals surface area contributed by atoms with Crippen LogP contribution in [0.5, 0.6) is 0 Å². The van der Waals surface area contributed by atoms with Gasteiger partial charge in [0.1, 0.15) is 0 Å². The Morgan fingerprint density at radius 3 is 2.57 bits per heavy atom. The SMILES string of the molecule is Cc1ccc(NC(=S)NCCC[NH+]2CCC(C)CC2)cc1. The van der Waals surface area contributed by atoms with Gasteiger partial charge in [0.05, 0.1) is 19.6 Å². The molecule has 1 aliphatic rings. The lowest BCUT2D eigenvalue weighted by molar-refractivity contribution is -0.906. The molecule has 0 atom stereocenters. The number of piperidine rings is 1. The summed E-state index contributed by atoms with van der Waals surface area (Å²) in [6, 6.07) is 8.29. The summed E-state index contributed by atoms with van der Waals surface area (Å²) in [7, 11) is 0. The van der Waals surface area contributed by atoms with E-state index in [1.807, 2.05) is 0 Å². The van der Waals surface area contributed by atoms with E-state index in [0.717, 1.165) is 23.3 Å². The van der Waals surface area contributed by atoms with Gasteiger partial charge in [0, 0.05) is 18.7 Å². The van der Waals surface area contributed by atoms with Gasteiger partial charge in [-0.15, -0.1) is 0 Å². The molecule has 0 saturated carbocycles. The minimum atomic E-state index is 0.723. The van der Waals surface area contributed by atoms with E-state index >= 15 is 0 Å². The summed E-state index contributed by atoms with van der Waals surface area (Å²) in [5, 5.41) is 7.25. The molecule has 0 radical (unpaired) electrons. The molecule has 0 aliphatic carbocycles. The predicted molar refractivity (Wildman–Crippen MR) is 94.0 cm³/mol. The molecule has 0 amide bonds. The van der Waals surface area contributed by atoms with Gasteiger partial charge in [-0.05, 0) is 50.0 Å². The van der Waals surface area contributed by atoms with Crippen molar-refractivity contribution >= 4 is 23.0 Å². The second-order valence-corrected chi connectivity index (χ2v) is 6.69. The number of thiocarbonyl (C=S) groups is 1. The Balaban J connectivity index is 1.58. The summed E-state index contributed by atoms with van der Waals surface area (Å²) < 4.78 is 0. The Hall–Kier alpha value is -1.13. The van der Waals surface area contributed by atoms with Crippen LogP contribution in [0, 0.1) is 12.8 Å². The highest BCUT2D eigenvalue weighted by atomic mass is 32.1. The molecule has 1 heterocycles. The number of rotatable bonds is 5. The van der Waals surface area contributed by atoms with Crippen LogP contribution in [0.25, 0.3) is 0 Å². The highest BCUT2D eigenvalue weighted by molar-refractivity contribution is 7.80. The number of hydrogen-bond acceptors (Lipinski definition) is 1. The molecule has 1 fully saturated rings. The molecule has 4 heteroatoms. The smallest absolute Gasteiger partial charge is 0.170 e. The zero-order valence-corrected chi connectivity index (χ0v) is 14.1. The van der Waals surface area contributed by atoms with Crippen LogP contribution in [0.1, 0.15) is 31.7 Å². The first kappa shape index (κ1) is 16.2. The highest BCUT2D eigenvalue weighted by Gasteiger charge is 2.17. The lowest BCUT2D eigenvalue weighted by Gasteiger charge is -2.27. The van der Waals surface area contributed by atoms with Crippen LogP contribution >= 0.6 is 12.2 Å². The maximum Gasteiger partial charge on any atom is 0.170 e. The fourth-order valence-electron chi connectivity index (χ4n) is 2.77. The summed E-state index contributed by atoms with van der Waals surface area (Å²) >= 11 is 5.33. The molecule has 1 saturated heterocycles. The molecule has 0 unspecified atom stereocenters. The van der Waals surface area contributed by atoms with Gasteiger partial charge < -0.3 is 15.5 Å². The van der Waals surface area contributed by atoms with Crippen molar-refractivity contribution in [2.24, 2.45) is 5.92 Å². The molecular weight excluding hydrogens is 278 g/mol. The lowest BCUT2D eigenvalue weighted by Crippen LogP contribution is -3.13. The zero-order valence-electron chi connectivity index (χ0n) is 13.2. The minimum Gasteiger partial charge on any atom is -0.362 e. The Morgan fingerprint density at radius 2 is 1.90 bits per heavy atom. The fourth-order valence-corrected chi connectivity index (χ4v) is 2.99. The molecule has 0 aromatic heterocycles. The number of likely N-dealkylation sites (tertiary alicyclic amines) is 1. The first-order valence-electron chi connectivity index (χ1n) is 8.08. The van der Waals surface area contributed by atoms with E-state index in [1.165, 1.54) is 44.5 Å².